The number of rotatable bonds is 6. The van der Waals surface area contributed by atoms with Crippen molar-refractivity contribution in [2.75, 3.05) is 16.9 Å². The molecule has 3 N–H and O–H groups in total. The molecule has 0 saturated carbocycles. The molecule has 0 bridgehead atoms. The molecule has 0 spiro atoms. The van der Waals surface area contributed by atoms with E-state index in [1.54, 1.807) is 18.5 Å². The number of anilines is 1. The van der Waals surface area contributed by atoms with Crippen molar-refractivity contribution in [3.8, 4) is 11.4 Å². The first-order valence-corrected chi connectivity index (χ1v) is 8.78. The van der Waals surface area contributed by atoms with E-state index in [2.05, 4.69) is 27.4 Å². The second-order valence-corrected chi connectivity index (χ2v) is 6.25. The van der Waals surface area contributed by atoms with Crippen LogP contribution in [-0.2, 0) is 11.2 Å². The number of nitrogens with two attached hydrogens (primary N) is 1. The van der Waals surface area contributed by atoms with Crippen molar-refractivity contribution in [3.05, 3.63) is 54.4 Å². The van der Waals surface area contributed by atoms with Gasteiger partial charge in [0.05, 0.1) is 5.75 Å². The van der Waals surface area contributed by atoms with Crippen molar-refractivity contribution in [2.45, 2.75) is 18.5 Å². The molecule has 0 aliphatic heterocycles. The topological polar surface area (TPSA) is 98.7 Å². The van der Waals surface area contributed by atoms with E-state index in [1.807, 2.05) is 30.3 Å². The number of carbonyl (C=O) groups excluding carboxylic acids is 1. The molecular weight excluding hydrogens is 336 g/mol. The van der Waals surface area contributed by atoms with Gasteiger partial charge < -0.3 is 11.2 Å². The normalized spacial score (nSPS) is 10.6. The molecule has 25 heavy (non-hydrogen) atoms. The van der Waals surface area contributed by atoms with Crippen LogP contribution in [0.25, 0.3) is 11.4 Å². The van der Waals surface area contributed by atoms with E-state index >= 15 is 0 Å². The second-order valence-electron chi connectivity index (χ2n) is 5.31. The lowest BCUT2D eigenvalue weighted by Gasteiger charge is -2.06. The molecule has 0 atom stereocenters. The molecule has 3 aromatic rings. The third-order valence-corrected chi connectivity index (χ3v) is 4.48. The largest absolute Gasteiger partial charge is 0.335 e. The van der Waals surface area contributed by atoms with Gasteiger partial charge >= 0.3 is 0 Å². The maximum Gasteiger partial charge on any atom is 0.234 e. The van der Waals surface area contributed by atoms with E-state index in [-0.39, 0.29) is 11.7 Å². The lowest BCUT2D eigenvalue weighted by molar-refractivity contribution is -0.113. The molecule has 0 unspecified atom stereocenters. The Hall–Kier alpha value is -2.87. The average molecular weight is 354 g/mol. The minimum atomic E-state index is -0.121. The average Bonchev–Trinajstić information content (AvgIpc) is 3.01. The fourth-order valence-corrected chi connectivity index (χ4v) is 2.92. The highest BCUT2D eigenvalue weighted by atomic mass is 32.2. The summed E-state index contributed by atoms with van der Waals surface area (Å²) < 4.78 is 1.37. The summed E-state index contributed by atoms with van der Waals surface area (Å²) in [5, 5.41) is 11.5. The zero-order chi connectivity index (χ0) is 17.6. The lowest BCUT2D eigenvalue weighted by atomic mass is 10.1. The predicted octanol–water partition coefficient (Wildman–Crippen LogP) is 2.35. The van der Waals surface area contributed by atoms with Gasteiger partial charge in [0.2, 0.25) is 11.1 Å². The van der Waals surface area contributed by atoms with Crippen molar-refractivity contribution >= 4 is 23.4 Å². The predicted molar refractivity (Wildman–Crippen MR) is 98.6 cm³/mol. The number of aryl methyl sites for hydroxylation is 1. The van der Waals surface area contributed by atoms with Crippen LogP contribution in [0.5, 0.6) is 0 Å². The van der Waals surface area contributed by atoms with Crippen molar-refractivity contribution in [1.29, 1.82) is 0 Å². The number of nitrogens with zero attached hydrogens (tertiary/aromatic N) is 4. The Bertz CT molecular complexity index is 865. The Morgan fingerprint density at radius 2 is 2.16 bits per heavy atom. The first-order valence-electron chi connectivity index (χ1n) is 7.80. The van der Waals surface area contributed by atoms with Crippen LogP contribution in [0.3, 0.4) is 0 Å². The first-order chi connectivity index (χ1) is 12.2. The third kappa shape index (κ3) is 4.16. The van der Waals surface area contributed by atoms with Gasteiger partial charge in [0.15, 0.2) is 5.82 Å². The van der Waals surface area contributed by atoms with Crippen molar-refractivity contribution < 1.29 is 4.79 Å². The molecule has 0 fully saturated rings. The van der Waals surface area contributed by atoms with Crippen LogP contribution < -0.4 is 11.2 Å². The van der Waals surface area contributed by atoms with Gasteiger partial charge in [-0.2, -0.15) is 0 Å². The zero-order valence-electron chi connectivity index (χ0n) is 13.7. The highest BCUT2D eigenvalue weighted by Gasteiger charge is 2.14. The van der Waals surface area contributed by atoms with Crippen molar-refractivity contribution in [1.82, 2.24) is 19.9 Å². The van der Waals surface area contributed by atoms with Gasteiger partial charge in [-0.1, -0.05) is 30.8 Å². The Morgan fingerprint density at radius 1 is 1.28 bits per heavy atom. The van der Waals surface area contributed by atoms with Gasteiger partial charge in [-0.3, -0.25) is 9.78 Å². The van der Waals surface area contributed by atoms with Crippen molar-refractivity contribution in [2.24, 2.45) is 0 Å². The molecule has 8 heteroatoms. The highest BCUT2D eigenvalue weighted by molar-refractivity contribution is 7.99. The van der Waals surface area contributed by atoms with Crippen LogP contribution in [0.15, 0.2) is 53.9 Å². The molecule has 0 saturated heterocycles. The Balaban J connectivity index is 1.62. The molecule has 1 amide bonds. The van der Waals surface area contributed by atoms with Gasteiger partial charge in [0.25, 0.3) is 0 Å². The van der Waals surface area contributed by atoms with E-state index in [1.165, 1.54) is 22.0 Å². The van der Waals surface area contributed by atoms with Crippen LogP contribution in [0.1, 0.15) is 12.5 Å². The van der Waals surface area contributed by atoms with Gasteiger partial charge in [0, 0.05) is 23.6 Å². The summed E-state index contributed by atoms with van der Waals surface area (Å²) in [6.07, 6.45) is 4.26. The standard InChI is InChI=1S/C17H18N6OS/c1-2-12-5-3-7-14(9-12)20-15(24)11-25-17-22-21-16(23(17)18)13-6-4-8-19-10-13/h3-10H,2,11,18H2,1H3,(H,20,24). The minimum Gasteiger partial charge on any atom is -0.335 e. The van der Waals surface area contributed by atoms with Crippen LogP contribution in [0.4, 0.5) is 5.69 Å². The molecule has 128 valence electrons. The number of hydrogen-bond acceptors (Lipinski definition) is 6. The Morgan fingerprint density at radius 3 is 2.92 bits per heavy atom. The summed E-state index contributed by atoms with van der Waals surface area (Å²) in [7, 11) is 0. The fourth-order valence-electron chi connectivity index (χ4n) is 2.26. The Labute approximate surface area is 149 Å². The number of pyridine rings is 1. The van der Waals surface area contributed by atoms with E-state index in [9.17, 15) is 4.79 Å². The number of amides is 1. The molecule has 2 aromatic heterocycles. The quantitative estimate of drug-likeness (QED) is 0.521. The van der Waals surface area contributed by atoms with Crippen LogP contribution in [-0.4, -0.2) is 31.5 Å². The molecule has 0 aliphatic rings. The monoisotopic (exact) mass is 354 g/mol. The molecule has 2 heterocycles. The highest BCUT2D eigenvalue weighted by Crippen LogP contribution is 2.21. The fraction of sp³-hybridized carbons (Fsp3) is 0.176. The molecular formula is C17H18N6OS. The molecule has 0 aliphatic carbocycles. The summed E-state index contributed by atoms with van der Waals surface area (Å²) in [5.41, 5.74) is 2.73. The van der Waals surface area contributed by atoms with E-state index < -0.39 is 0 Å². The lowest BCUT2D eigenvalue weighted by Crippen LogP contribution is -2.16. The number of carbonyl (C=O) groups is 1. The second kappa shape index (κ2) is 7.80. The number of benzene rings is 1. The zero-order valence-corrected chi connectivity index (χ0v) is 14.5. The number of hydrogen-bond donors (Lipinski definition) is 2. The smallest absolute Gasteiger partial charge is 0.234 e. The molecule has 3 rings (SSSR count). The molecule has 0 radical (unpaired) electrons. The SMILES string of the molecule is CCc1cccc(NC(=O)CSc2nnc(-c3cccnc3)n2N)c1. The van der Waals surface area contributed by atoms with Crippen molar-refractivity contribution in [3.63, 3.8) is 0 Å². The summed E-state index contributed by atoms with van der Waals surface area (Å²) in [6, 6.07) is 11.4. The van der Waals surface area contributed by atoms with Gasteiger partial charge in [-0.15, -0.1) is 10.2 Å². The van der Waals surface area contributed by atoms with E-state index in [4.69, 9.17) is 5.84 Å². The maximum absolute atomic E-state index is 12.1. The maximum atomic E-state index is 12.1. The summed E-state index contributed by atoms with van der Waals surface area (Å²) in [4.78, 5) is 16.2. The molecule has 7 nitrogen and oxygen atoms in total. The van der Waals surface area contributed by atoms with E-state index in [0.717, 1.165) is 17.7 Å². The van der Waals surface area contributed by atoms with Crippen LogP contribution >= 0.6 is 11.8 Å². The van der Waals surface area contributed by atoms with E-state index in [0.29, 0.717) is 11.0 Å². The number of thioether (sulfide) groups is 1. The number of nitrogens with one attached hydrogen (secondary N) is 1. The summed E-state index contributed by atoms with van der Waals surface area (Å²) in [6.45, 7) is 2.07. The third-order valence-electron chi connectivity index (χ3n) is 3.54. The van der Waals surface area contributed by atoms with Gasteiger partial charge in [0.1, 0.15) is 0 Å². The van der Waals surface area contributed by atoms with Crippen LogP contribution in [0, 0.1) is 0 Å². The number of nitrogen functional groups attached to an aromatic ring is 1. The first kappa shape index (κ1) is 17.0. The van der Waals surface area contributed by atoms with Gasteiger partial charge in [-0.05, 0) is 36.2 Å². The Kier molecular flexibility index (Phi) is 5.30. The number of aromatic nitrogens is 4. The summed E-state index contributed by atoms with van der Waals surface area (Å²) >= 11 is 1.23. The van der Waals surface area contributed by atoms with Gasteiger partial charge in [-0.25, -0.2) is 4.68 Å². The summed E-state index contributed by atoms with van der Waals surface area (Å²) in [5.74, 6) is 6.60. The van der Waals surface area contributed by atoms with Crippen LogP contribution in [0.2, 0.25) is 0 Å². The molecule has 1 aromatic carbocycles. The minimum absolute atomic E-state index is 0.121.